The zero-order valence-electron chi connectivity index (χ0n) is 73.6. The van der Waals surface area contributed by atoms with Gasteiger partial charge in [0, 0.05) is 89.8 Å². The molecule has 0 aliphatic heterocycles. The Hall–Kier alpha value is -17.6. The highest BCUT2D eigenvalue weighted by Crippen LogP contribution is 2.52. The fourth-order valence-electron chi connectivity index (χ4n) is 21.4. The van der Waals surface area contributed by atoms with Gasteiger partial charge in [-0.25, -0.2) is 15.0 Å². The SMILES string of the molecule is CC1(C)c2ccccc2-c2ccc(N(c3ccccc3)c3ccc(-c4ccc(-c5ccc6c(c5)c5ccccc5c5nc7ccccn7c65)cc4)cc3)cc21.c1ccc(-c2ccc3c(c2)c2cc(-c4ccccc4)ccc2c2c3nc3ccccn32)cc1.c1ccc2c(c1)c1cc(-c3ccc(-c4ccc(-n5c6ccccc6c6ccccc65)cc4)cc3)ccc1c1c2nc2ccccn21. The Balaban J connectivity index is 0.000000108. The Morgan fingerprint density at radius 3 is 0.948 bits per heavy atom. The highest BCUT2D eigenvalue weighted by Gasteiger charge is 2.36. The Morgan fingerprint density at radius 2 is 0.500 bits per heavy atom. The van der Waals surface area contributed by atoms with Crippen molar-refractivity contribution in [3.05, 3.63) is 485 Å². The number of para-hydroxylation sites is 3. The molecule has 7 heterocycles. The fraction of sp³-hybridized carbons (Fsp3) is 0.0238. The summed E-state index contributed by atoms with van der Waals surface area (Å²) in [5.41, 5.74) is 36.5. The first-order chi connectivity index (χ1) is 66.2. The van der Waals surface area contributed by atoms with Crippen molar-refractivity contribution in [3.63, 3.8) is 0 Å². The van der Waals surface area contributed by atoms with Gasteiger partial charge < -0.3 is 9.47 Å². The van der Waals surface area contributed by atoms with E-state index in [1.807, 2.05) is 12.1 Å². The van der Waals surface area contributed by atoms with Crippen LogP contribution in [0.15, 0.2) is 474 Å². The molecule has 628 valence electrons. The molecule has 20 aromatic carbocycles. The van der Waals surface area contributed by atoms with Crippen molar-refractivity contribution in [1.29, 1.82) is 0 Å². The maximum Gasteiger partial charge on any atom is 0.137 e. The smallest absolute Gasteiger partial charge is 0.137 e. The van der Waals surface area contributed by atoms with Crippen LogP contribution < -0.4 is 4.90 Å². The van der Waals surface area contributed by atoms with E-state index in [-0.39, 0.29) is 5.41 Å². The van der Waals surface area contributed by atoms with E-state index in [9.17, 15) is 0 Å². The highest BCUT2D eigenvalue weighted by atomic mass is 15.1. The summed E-state index contributed by atoms with van der Waals surface area (Å²) in [6.45, 7) is 4.69. The Morgan fingerprint density at radius 1 is 0.201 bits per heavy atom. The predicted molar refractivity (Wildman–Crippen MR) is 562 cm³/mol. The number of aromatic nitrogens is 7. The van der Waals surface area contributed by atoms with Crippen LogP contribution in [0.1, 0.15) is 25.0 Å². The van der Waals surface area contributed by atoms with Crippen molar-refractivity contribution in [1.82, 2.24) is 32.7 Å². The van der Waals surface area contributed by atoms with Crippen molar-refractivity contribution in [3.8, 4) is 83.6 Å². The molecule has 1 aliphatic rings. The molecule has 134 heavy (non-hydrogen) atoms. The molecule has 1 aliphatic carbocycles. The number of pyridine rings is 3. The third kappa shape index (κ3) is 12.8. The van der Waals surface area contributed by atoms with Gasteiger partial charge in [0.05, 0.1) is 44.1 Å². The van der Waals surface area contributed by atoms with E-state index in [0.717, 1.165) is 61.6 Å². The first kappa shape index (κ1) is 77.5. The quantitative estimate of drug-likeness (QED) is 0.128. The Bertz CT molecular complexity index is 9320. The zero-order chi connectivity index (χ0) is 88.6. The van der Waals surface area contributed by atoms with Crippen LogP contribution >= 0.6 is 0 Å². The third-order valence-electron chi connectivity index (χ3n) is 27.9. The van der Waals surface area contributed by atoms with Gasteiger partial charge in [-0.05, 0) is 243 Å². The maximum atomic E-state index is 5.04. The Labute approximate surface area is 773 Å². The molecule has 0 bridgehead atoms. The second-order valence-electron chi connectivity index (χ2n) is 35.8. The molecule has 8 heteroatoms. The molecule has 0 saturated heterocycles. The van der Waals surface area contributed by atoms with E-state index in [2.05, 4.69) is 498 Å². The molecule has 0 N–H and O–H groups in total. The standard InChI is InChI=1S/C52H37N3.C43H27N3.C31H20N2/c1-52(2)47-17-9-8-15-42(47)43-30-28-40(33-48(43)52)55(38-12-4-3-5-13-38)39-26-23-35(24-27-39)34-19-21-36(22-20-34)37-25-29-45-46(32-37)41-14-6-7-16-44(41)50-51(45)54-31-11-10-18-49(54)53-50;1-2-12-36-33(9-1)38-27-31(22-25-37(38)43-42(36)44-41-15-7-8-26-45(41)43)30-18-16-28(17-19-30)29-20-23-32(24-21-29)46-39-13-5-3-10-34(39)35-11-4-6-14-40(35)46;1-3-9-21(10-4-1)23-14-16-25-27(19-23)28-20-24(22-11-5-2-6-12-22)15-17-26(28)31-30(25)32-29-13-7-8-18-33(29)31/h3-33H,1-2H3;1-27H;1-20H. The molecule has 27 aromatic rings. The number of imidazole rings is 3. The average Bonchev–Trinajstić information content (AvgIpc) is 1.54. The van der Waals surface area contributed by atoms with E-state index < -0.39 is 0 Å². The van der Waals surface area contributed by atoms with Crippen LogP contribution in [-0.2, 0) is 5.41 Å². The topological polar surface area (TPSA) is 60.1 Å². The van der Waals surface area contributed by atoms with Gasteiger partial charge in [-0.15, -0.1) is 0 Å². The van der Waals surface area contributed by atoms with Crippen LogP contribution in [0, 0.1) is 0 Å². The Kier molecular flexibility index (Phi) is 18.2. The number of hydrogen-bond donors (Lipinski definition) is 0. The summed E-state index contributed by atoms with van der Waals surface area (Å²) in [6.07, 6.45) is 6.34. The average molecular weight is 1710 g/mol. The van der Waals surface area contributed by atoms with Crippen molar-refractivity contribution < 1.29 is 0 Å². The molecule has 0 amide bonds. The minimum Gasteiger partial charge on any atom is -0.310 e. The number of benzene rings is 20. The van der Waals surface area contributed by atoms with Gasteiger partial charge in [-0.1, -0.05) is 347 Å². The second kappa shape index (κ2) is 31.4. The molecule has 0 unspecified atom stereocenters. The summed E-state index contributed by atoms with van der Waals surface area (Å²) >= 11 is 0. The lowest BCUT2D eigenvalue weighted by molar-refractivity contribution is 0.660. The molecule has 0 atom stereocenters. The van der Waals surface area contributed by atoms with Crippen LogP contribution in [0.25, 0.3) is 220 Å². The summed E-state index contributed by atoms with van der Waals surface area (Å²) in [5.74, 6) is 0. The third-order valence-corrected chi connectivity index (χ3v) is 27.9. The van der Waals surface area contributed by atoms with Gasteiger partial charge in [-0.3, -0.25) is 13.2 Å². The maximum absolute atomic E-state index is 5.04. The highest BCUT2D eigenvalue weighted by molar-refractivity contribution is 6.28. The van der Waals surface area contributed by atoms with Gasteiger partial charge in [0.1, 0.15) is 16.9 Å². The summed E-state index contributed by atoms with van der Waals surface area (Å²) in [5, 5.41) is 17.2. The first-order valence-corrected chi connectivity index (χ1v) is 46.0. The van der Waals surface area contributed by atoms with Gasteiger partial charge >= 0.3 is 0 Å². The summed E-state index contributed by atoms with van der Waals surface area (Å²) < 4.78 is 9.01. The van der Waals surface area contributed by atoms with Crippen LogP contribution in [0.4, 0.5) is 17.1 Å². The summed E-state index contributed by atoms with van der Waals surface area (Å²) in [4.78, 5) is 17.5. The fourth-order valence-corrected chi connectivity index (χ4v) is 21.4. The molecule has 0 spiro atoms. The van der Waals surface area contributed by atoms with Crippen LogP contribution in [-0.4, -0.2) is 32.7 Å². The largest absolute Gasteiger partial charge is 0.310 e. The zero-order valence-corrected chi connectivity index (χ0v) is 73.6. The van der Waals surface area contributed by atoms with Crippen LogP contribution in [0.3, 0.4) is 0 Å². The van der Waals surface area contributed by atoms with E-state index in [1.165, 1.54) is 187 Å². The van der Waals surface area contributed by atoms with Crippen molar-refractivity contribution in [2.24, 2.45) is 0 Å². The van der Waals surface area contributed by atoms with Crippen molar-refractivity contribution in [2.45, 2.75) is 19.3 Å². The van der Waals surface area contributed by atoms with E-state index in [1.54, 1.807) is 0 Å². The normalized spacial score (nSPS) is 12.3. The summed E-state index contributed by atoms with van der Waals surface area (Å²) in [6, 6.07) is 164. The van der Waals surface area contributed by atoms with Gasteiger partial charge in [-0.2, -0.15) is 0 Å². The van der Waals surface area contributed by atoms with Crippen molar-refractivity contribution in [2.75, 3.05) is 4.90 Å². The molecule has 28 rings (SSSR count). The van der Waals surface area contributed by atoms with Crippen LogP contribution in [0.5, 0.6) is 0 Å². The molecular formula is C126H84N8. The molecule has 0 fully saturated rings. The lowest BCUT2D eigenvalue weighted by Gasteiger charge is -2.28. The second-order valence-corrected chi connectivity index (χ2v) is 35.8. The number of nitrogens with zero attached hydrogens (tertiary/aromatic N) is 8. The monoisotopic (exact) mass is 1710 g/mol. The van der Waals surface area contributed by atoms with Crippen LogP contribution in [0.2, 0.25) is 0 Å². The first-order valence-electron chi connectivity index (χ1n) is 46.0. The van der Waals surface area contributed by atoms with E-state index in [0.29, 0.717) is 0 Å². The summed E-state index contributed by atoms with van der Waals surface area (Å²) in [7, 11) is 0. The van der Waals surface area contributed by atoms with Gasteiger partial charge in [0.15, 0.2) is 0 Å². The predicted octanol–water partition coefficient (Wildman–Crippen LogP) is 33.3. The molecule has 8 nitrogen and oxygen atoms in total. The van der Waals surface area contributed by atoms with Gasteiger partial charge in [0.25, 0.3) is 0 Å². The number of fused-ring (bicyclic) bond motifs is 30. The lowest BCUT2D eigenvalue weighted by atomic mass is 9.82. The van der Waals surface area contributed by atoms with E-state index >= 15 is 0 Å². The molecule has 0 saturated carbocycles. The van der Waals surface area contributed by atoms with E-state index in [4.69, 9.17) is 15.0 Å². The van der Waals surface area contributed by atoms with Gasteiger partial charge in [0.2, 0.25) is 0 Å². The number of anilines is 3. The molecule has 7 aromatic heterocycles. The minimum absolute atomic E-state index is 0.0670. The molecule has 0 radical (unpaired) electrons. The lowest BCUT2D eigenvalue weighted by Crippen LogP contribution is -2.16. The van der Waals surface area contributed by atoms with Crippen molar-refractivity contribution >= 4 is 154 Å². The molecular weight excluding hydrogens is 1630 g/mol. The number of hydrogen-bond acceptors (Lipinski definition) is 4. The minimum atomic E-state index is -0.0670. The number of rotatable bonds is 10.